The smallest absolute Gasteiger partial charge is 0.326 e. The Hall–Kier alpha value is -5.03. The summed E-state index contributed by atoms with van der Waals surface area (Å²) < 4.78 is 0. The van der Waals surface area contributed by atoms with Gasteiger partial charge in [0.15, 0.2) is 0 Å². The van der Waals surface area contributed by atoms with E-state index in [-0.39, 0.29) is 31.1 Å². The van der Waals surface area contributed by atoms with Crippen LogP contribution in [0.2, 0.25) is 0 Å². The van der Waals surface area contributed by atoms with Gasteiger partial charge >= 0.3 is 11.9 Å². The third kappa shape index (κ3) is 12.8. The maximum absolute atomic E-state index is 13.7. The van der Waals surface area contributed by atoms with Gasteiger partial charge in [0.1, 0.15) is 30.2 Å². The summed E-state index contributed by atoms with van der Waals surface area (Å²) >= 11 is 0. The van der Waals surface area contributed by atoms with Crippen LogP contribution >= 0.6 is 0 Å². The summed E-state index contributed by atoms with van der Waals surface area (Å²) in [7, 11) is 0. The largest absolute Gasteiger partial charge is 0.481 e. The maximum Gasteiger partial charge on any atom is 0.326 e. The van der Waals surface area contributed by atoms with Crippen molar-refractivity contribution in [2.24, 2.45) is 17.6 Å². The summed E-state index contributed by atoms with van der Waals surface area (Å²) in [5.41, 5.74) is 7.22. The van der Waals surface area contributed by atoms with Gasteiger partial charge in [-0.15, -0.1) is 0 Å². The molecule has 6 atom stereocenters. The number of aromatic nitrogens is 1. The van der Waals surface area contributed by atoms with Crippen molar-refractivity contribution in [3.63, 3.8) is 0 Å². The molecule has 0 radical (unpaired) electrons. The third-order valence-corrected chi connectivity index (χ3v) is 7.70. The van der Waals surface area contributed by atoms with Crippen LogP contribution in [0.4, 0.5) is 0 Å². The van der Waals surface area contributed by atoms with Gasteiger partial charge in [0.05, 0.1) is 19.1 Å². The van der Waals surface area contributed by atoms with Crippen molar-refractivity contribution >= 4 is 52.4 Å². The number of aliphatic carboxylic acids is 2. The van der Waals surface area contributed by atoms with E-state index in [2.05, 4.69) is 31.6 Å². The second-order valence-electron chi connectivity index (χ2n) is 13.0. The number of benzene rings is 1. The van der Waals surface area contributed by atoms with Crippen LogP contribution in [0.1, 0.15) is 59.4 Å². The predicted octanol–water partition coefficient (Wildman–Crippen LogP) is -0.875. The lowest BCUT2D eigenvalue weighted by Gasteiger charge is -2.26. The molecule has 0 bridgehead atoms. The Balaban J connectivity index is 2.29. The van der Waals surface area contributed by atoms with Crippen LogP contribution < -0.4 is 32.3 Å². The minimum atomic E-state index is -1.62. The van der Waals surface area contributed by atoms with E-state index in [0.29, 0.717) is 10.9 Å². The van der Waals surface area contributed by atoms with E-state index in [9.17, 15) is 48.9 Å². The quantitative estimate of drug-likeness (QED) is 0.0809. The summed E-state index contributed by atoms with van der Waals surface area (Å²) in [6.07, 6.45) is 1.03. The Bertz CT molecular complexity index is 1530. The van der Waals surface area contributed by atoms with Gasteiger partial charge in [0, 0.05) is 23.5 Å². The van der Waals surface area contributed by atoms with E-state index in [4.69, 9.17) is 5.73 Å². The monoisotopic (exact) mass is 703 g/mol. The topological polar surface area (TPSA) is 282 Å². The van der Waals surface area contributed by atoms with Crippen LogP contribution in [0.5, 0.6) is 0 Å². The average molecular weight is 704 g/mol. The van der Waals surface area contributed by atoms with E-state index >= 15 is 0 Å². The molecule has 0 unspecified atom stereocenters. The second-order valence-corrected chi connectivity index (χ2v) is 13.0. The lowest BCUT2D eigenvalue weighted by atomic mass is 10.0. The summed E-state index contributed by atoms with van der Waals surface area (Å²) in [6, 6.07) is -1.06. The lowest BCUT2D eigenvalue weighted by molar-refractivity contribution is -0.143. The minimum Gasteiger partial charge on any atom is -0.481 e. The summed E-state index contributed by atoms with van der Waals surface area (Å²) in [5, 5.41) is 41.5. The SMILES string of the molecule is CC(C)C[C@H](NC(=O)[C@H](C)NC(=O)[C@H](CO)NC(=O)[C@H](Cc1c[nH]c2ccccc12)NC(=O)[C@H](CC(=O)O)NC(=O)[C@@H](N)CC(C)C)C(=O)O. The van der Waals surface area contributed by atoms with Crippen LogP contribution in [-0.2, 0) is 40.0 Å². The van der Waals surface area contributed by atoms with E-state index < -0.39 is 90.8 Å². The standard InChI is InChI=1S/C33H49N7O10/c1-16(2)10-21(34)29(45)37-24(13-27(42)43)31(47)38-23(12-19-14-35-22-9-7-6-8-20(19)22)30(46)40-26(15-41)32(48)36-18(5)28(44)39-25(33(49)50)11-17(3)4/h6-9,14,16-18,21,23-26,35,41H,10-13,15,34H2,1-5H3,(H,36,48)(H,37,45)(H,38,47)(H,39,44)(H,40,46)(H,42,43)(H,49,50)/t18-,21-,23-,24-,25-,26-/m0/s1. The zero-order chi connectivity index (χ0) is 37.7. The van der Waals surface area contributed by atoms with Crippen LogP contribution in [0.3, 0.4) is 0 Å². The van der Waals surface area contributed by atoms with Crippen molar-refractivity contribution in [1.29, 1.82) is 0 Å². The first-order chi connectivity index (χ1) is 23.4. The number of H-pyrrole nitrogens is 1. The molecule has 2 rings (SSSR count). The number of aliphatic hydroxyl groups excluding tert-OH is 1. The highest BCUT2D eigenvalue weighted by atomic mass is 16.4. The average Bonchev–Trinajstić information content (AvgIpc) is 3.43. The Labute approximate surface area is 289 Å². The Morgan fingerprint density at radius 3 is 1.82 bits per heavy atom. The number of amides is 5. The number of carboxylic acids is 2. The van der Waals surface area contributed by atoms with Crippen LogP contribution in [0, 0.1) is 11.8 Å². The maximum atomic E-state index is 13.7. The number of carbonyl (C=O) groups excluding carboxylic acids is 5. The highest BCUT2D eigenvalue weighted by Gasteiger charge is 2.33. The number of hydrogen-bond donors (Lipinski definition) is 10. The summed E-state index contributed by atoms with van der Waals surface area (Å²) in [4.78, 5) is 91.8. The van der Waals surface area contributed by atoms with Gasteiger partial charge in [0.25, 0.3) is 0 Å². The normalized spacial score (nSPS) is 14.9. The highest BCUT2D eigenvalue weighted by molar-refractivity contribution is 5.97. The fourth-order valence-electron chi connectivity index (χ4n) is 5.12. The molecule has 0 fully saturated rings. The molecule has 1 heterocycles. The van der Waals surface area contributed by atoms with Crippen molar-refractivity contribution in [2.45, 2.75) is 96.6 Å². The minimum absolute atomic E-state index is 0.0346. The first kappa shape index (κ1) is 41.1. The molecule has 5 amide bonds. The molecule has 0 aliphatic rings. The molecule has 11 N–H and O–H groups in total. The van der Waals surface area contributed by atoms with Crippen molar-refractivity contribution in [3.8, 4) is 0 Å². The number of nitrogens with one attached hydrogen (secondary N) is 6. The Morgan fingerprint density at radius 1 is 0.700 bits per heavy atom. The number of aliphatic hydroxyl groups is 1. The number of aromatic amines is 1. The van der Waals surface area contributed by atoms with E-state index in [0.717, 1.165) is 5.52 Å². The number of nitrogens with two attached hydrogens (primary N) is 1. The first-order valence-corrected chi connectivity index (χ1v) is 16.3. The molecule has 276 valence electrons. The van der Waals surface area contributed by atoms with Crippen molar-refractivity contribution < 1.29 is 48.9 Å². The summed E-state index contributed by atoms with van der Waals surface area (Å²) in [5.74, 6) is -7.18. The molecule has 17 heteroatoms. The van der Waals surface area contributed by atoms with Gasteiger partial charge in [-0.2, -0.15) is 0 Å². The number of carboxylic acid groups (broad SMARTS) is 2. The molecule has 0 saturated carbocycles. The van der Waals surface area contributed by atoms with Crippen LogP contribution in [0.15, 0.2) is 30.5 Å². The first-order valence-electron chi connectivity index (χ1n) is 16.3. The number of para-hydroxylation sites is 1. The molecule has 50 heavy (non-hydrogen) atoms. The zero-order valence-corrected chi connectivity index (χ0v) is 28.8. The van der Waals surface area contributed by atoms with Gasteiger partial charge in [-0.25, -0.2) is 4.79 Å². The van der Waals surface area contributed by atoms with Gasteiger partial charge in [-0.05, 0) is 43.2 Å². The molecule has 1 aromatic carbocycles. The molecule has 0 spiro atoms. The zero-order valence-electron chi connectivity index (χ0n) is 28.8. The molecule has 0 aliphatic heterocycles. The van der Waals surface area contributed by atoms with Crippen molar-refractivity contribution in [2.75, 3.05) is 6.61 Å². The molecule has 1 aromatic heterocycles. The van der Waals surface area contributed by atoms with E-state index in [1.807, 2.05) is 13.8 Å². The highest BCUT2D eigenvalue weighted by Crippen LogP contribution is 2.19. The van der Waals surface area contributed by atoms with E-state index in [1.165, 1.54) is 6.92 Å². The molecular weight excluding hydrogens is 654 g/mol. The second kappa shape index (κ2) is 19.2. The Kier molecular flexibility index (Phi) is 15.8. The van der Waals surface area contributed by atoms with Gasteiger partial charge in [-0.3, -0.25) is 28.8 Å². The number of rotatable bonds is 20. The molecular formula is C33H49N7O10. The van der Waals surface area contributed by atoms with Gasteiger partial charge < -0.3 is 52.6 Å². The van der Waals surface area contributed by atoms with Gasteiger partial charge in [0.2, 0.25) is 29.5 Å². The van der Waals surface area contributed by atoms with Gasteiger partial charge in [-0.1, -0.05) is 45.9 Å². The van der Waals surface area contributed by atoms with Crippen LogP contribution in [0.25, 0.3) is 10.9 Å². The van der Waals surface area contributed by atoms with Crippen LogP contribution in [-0.4, -0.2) is 105 Å². The molecule has 2 aromatic rings. The summed E-state index contributed by atoms with van der Waals surface area (Å²) in [6.45, 7) is 7.60. The third-order valence-electron chi connectivity index (χ3n) is 7.70. The Morgan fingerprint density at radius 2 is 1.24 bits per heavy atom. The number of hydrogen-bond acceptors (Lipinski definition) is 9. The molecule has 17 nitrogen and oxygen atoms in total. The number of fused-ring (bicyclic) bond motifs is 1. The van der Waals surface area contributed by atoms with Crippen molar-refractivity contribution in [1.82, 2.24) is 31.6 Å². The fourth-order valence-corrected chi connectivity index (χ4v) is 5.12. The predicted molar refractivity (Wildman–Crippen MR) is 181 cm³/mol. The van der Waals surface area contributed by atoms with E-state index in [1.54, 1.807) is 44.3 Å². The fraction of sp³-hybridized carbons (Fsp3) is 0.545. The molecule has 0 saturated heterocycles. The molecule has 0 aliphatic carbocycles. The lowest BCUT2D eigenvalue weighted by Crippen LogP contribution is -2.60. The number of carbonyl (C=O) groups is 7. The van der Waals surface area contributed by atoms with Crippen molar-refractivity contribution in [3.05, 3.63) is 36.0 Å².